The molecule has 138 valence electrons. The highest BCUT2D eigenvalue weighted by Gasteiger charge is 2.34. The number of carbonyl (C=O) groups is 2. The zero-order valence-corrected chi connectivity index (χ0v) is 14.7. The molecule has 3 aromatic rings. The summed E-state index contributed by atoms with van der Waals surface area (Å²) in [6, 6.07) is 13.8. The van der Waals surface area contributed by atoms with Gasteiger partial charge in [-0.25, -0.2) is 4.39 Å². The van der Waals surface area contributed by atoms with E-state index in [0.29, 0.717) is 18.8 Å². The van der Waals surface area contributed by atoms with Crippen LogP contribution in [0, 0.1) is 11.7 Å². The molecule has 0 unspecified atom stereocenters. The van der Waals surface area contributed by atoms with Gasteiger partial charge in [0.25, 0.3) is 0 Å². The van der Waals surface area contributed by atoms with Crippen molar-refractivity contribution in [2.45, 2.75) is 12.8 Å². The number of fused-ring (bicyclic) bond motifs is 1. The number of aromatic nitrogens is 1. The lowest BCUT2D eigenvalue weighted by Crippen LogP contribution is -2.34. The first-order valence-corrected chi connectivity index (χ1v) is 9.00. The van der Waals surface area contributed by atoms with E-state index in [2.05, 4.69) is 16.4 Å². The van der Waals surface area contributed by atoms with Crippen LogP contribution >= 0.6 is 0 Å². The van der Waals surface area contributed by atoms with Gasteiger partial charge in [0.2, 0.25) is 11.8 Å². The summed E-state index contributed by atoms with van der Waals surface area (Å²) in [5.41, 5.74) is 2.85. The van der Waals surface area contributed by atoms with Crippen LogP contribution in [0.2, 0.25) is 0 Å². The number of amides is 2. The summed E-state index contributed by atoms with van der Waals surface area (Å²) in [6.45, 7) is 0.839. The average Bonchev–Trinajstić information content (AvgIpc) is 3.26. The SMILES string of the molecule is O=C(NCCc1c[nH]c2ccccc12)[C@H]1CC(=O)N(c2ccc(F)cc2)C1. The third kappa shape index (κ3) is 3.56. The number of anilines is 1. The second-order valence-electron chi connectivity index (χ2n) is 6.78. The molecule has 0 saturated carbocycles. The Morgan fingerprint density at radius 2 is 1.96 bits per heavy atom. The summed E-state index contributed by atoms with van der Waals surface area (Å²) in [5, 5.41) is 4.10. The highest BCUT2D eigenvalue weighted by atomic mass is 19.1. The topological polar surface area (TPSA) is 65.2 Å². The van der Waals surface area contributed by atoms with Gasteiger partial charge in [0, 0.05) is 42.3 Å². The number of H-pyrrole nitrogens is 1. The normalized spacial score (nSPS) is 16.9. The van der Waals surface area contributed by atoms with Crippen molar-refractivity contribution in [1.82, 2.24) is 10.3 Å². The van der Waals surface area contributed by atoms with Gasteiger partial charge in [-0.2, -0.15) is 0 Å². The molecule has 1 saturated heterocycles. The van der Waals surface area contributed by atoms with Crippen molar-refractivity contribution < 1.29 is 14.0 Å². The van der Waals surface area contributed by atoms with E-state index in [4.69, 9.17) is 0 Å². The van der Waals surface area contributed by atoms with Crippen LogP contribution in [0.3, 0.4) is 0 Å². The van der Waals surface area contributed by atoms with Crippen LogP contribution in [0.25, 0.3) is 10.9 Å². The molecule has 1 aromatic heterocycles. The molecule has 0 radical (unpaired) electrons. The summed E-state index contributed by atoms with van der Waals surface area (Å²) >= 11 is 0. The van der Waals surface area contributed by atoms with E-state index in [-0.39, 0.29) is 30.0 Å². The molecule has 2 aromatic carbocycles. The van der Waals surface area contributed by atoms with Crippen molar-refractivity contribution in [3.05, 3.63) is 66.1 Å². The summed E-state index contributed by atoms with van der Waals surface area (Å²) in [7, 11) is 0. The van der Waals surface area contributed by atoms with E-state index in [0.717, 1.165) is 22.9 Å². The molecule has 1 fully saturated rings. The molecular weight excluding hydrogens is 345 g/mol. The van der Waals surface area contributed by atoms with Crippen molar-refractivity contribution in [3.63, 3.8) is 0 Å². The lowest BCUT2D eigenvalue weighted by Gasteiger charge is -2.16. The first kappa shape index (κ1) is 17.3. The second kappa shape index (κ2) is 7.23. The minimum atomic E-state index is -0.384. The van der Waals surface area contributed by atoms with Crippen molar-refractivity contribution in [2.24, 2.45) is 5.92 Å². The fraction of sp³-hybridized carbons (Fsp3) is 0.238. The van der Waals surface area contributed by atoms with Crippen molar-refractivity contribution in [1.29, 1.82) is 0 Å². The lowest BCUT2D eigenvalue weighted by atomic mass is 10.1. The minimum Gasteiger partial charge on any atom is -0.361 e. The molecule has 1 aliphatic heterocycles. The first-order chi connectivity index (χ1) is 13.1. The van der Waals surface area contributed by atoms with Gasteiger partial charge in [0.15, 0.2) is 0 Å². The Morgan fingerprint density at radius 3 is 2.78 bits per heavy atom. The molecule has 27 heavy (non-hydrogen) atoms. The molecule has 5 nitrogen and oxygen atoms in total. The summed E-state index contributed by atoms with van der Waals surface area (Å²) in [4.78, 5) is 29.5. The minimum absolute atomic E-state index is 0.113. The standard InChI is InChI=1S/C21H20FN3O2/c22-16-5-7-17(8-6-16)25-13-15(11-20(25)26)21(27)23-10-9-14-12-24-19-4-2-1-3-18(14)19/h1-8,12,15,24H,9-11,13H2,(H,23,27)/t15-/m0/s1. The summed E-state index contributed by atoms with van der Waals surface area (Å²) < 4.78 is 13.1. The van der Waals surface area contributed by atoms with Gasteiger partial charge < -0.3 is 15.2 Å². The van der Waals surface area contributed by atoms with Gasteiger partial charge in [-0.3, -0.25) is 9.59 Å². The lowest BCUT2D eigenvalue weighted by molar-refractivity contribution is -0.126. The van der Waals surface area contributed by atoms with E-state index in [1.807, 2.05) is 24.4 Å². The number of rotatable bonds is 5. The molecule has 1 atom stereocenters. The zero-order chi connectivity index (χ0) is 18.8. The van der Waals surface area contributed by atoms with Gasteiger partial charge in [-0.1, -0.05) is 18.2 Å². The first-order valence-electron chi connectivity index (χ1n) is 9.00. The zero-order valence-electron chi connectivity index (χ0n) is 14.7. The fourth-order valence-electron chi connectivity index (χ4n) is 3.56. The summed E-state index contributed by atoms with van der Waals surface area (Å²) in [6.07, 6.45) is 2.86. The molecule has 0 bridgehead atoms. The van der Waals surface area contributed by atoms with E-state index in [9.17, 15) is 14.0 Å². The maximum Gasteiger partial charge on any atom is 0.227 e. The van der Waals surface area contributed by atoms with Crippen molar-refractivity contribution >= 4 is 28.4 Å². The Morgan fingerprint density at radius 1 is 1.19 bits per heavy atom. The molecule has 4 rings (SSSR count). The number of hydrogen-bond acceptors (Lipinski definition) is 2. The van der Waals surface area contributed by atoms with Gasteiger partial charge in [-0.05, 0) is 42.3 Å². The van der Waals surface area contributed by atoms with Crippen LogP contribution in [0.4, 0.5) is 10.1 Å². The average molecular weight is 365 g/mol. The number of carbonyl (C=O) groups excluding carboxylic acids is 2. The van der Waals surface area contributed by atoms with Crippen LogP contribution in [0.15, 0.2) is 54.7 Å². The number of nitrogens with zero attached hydrogens (tertiary/aromatic N) is 1. The van der Waals surface area contributed by atoms with Gasteiger partial charge in [0.1, 0.15) is 5.82 Å². The van der Waals surface area contributed by atoms with Crippen molar-refractivity contribution in [3.8, 4) is 0 Å². The largest absolute Gasteiger partial charge is 0.361 e. The molecule has 2 amide bonds. The molecular formula is C21H20FN3O2. The summed E-state index contributed by atoms with van der Waals surface area (Å²) in [5.74, 6) is -0.964. The maximum atomic E-state index is 13.1. The molecule has 0 aliphatic carbocycles. The Balaban J connectivity index is 1.33. The Hall–Kier alpha value is -3.15. The predicted molar refractivity (Wildman–Crippen MR) is 102 cm³/mol. The van der Waals surface area contributed by atoms with E-state index < -0.39 is 0 Å². The van der Waals surface area contributed by atoms with E-state index >= 15 is 0 Å². The highest BCUT2D eigenvalue weighted by Crippen LogP contribution is 2.25. The van der Waals surface area contributed by atoms with Crippen molar-refractivity contribution in [2.75, 3.05) is 18.0 Å². The second-order valence-corrected chi connectivity index (χ2v) is 6.78. The van der Waals surface area contributed by atoms with Crippen LogP contribution in [-0.2, 0) is 16.0 Å². The Labute approximate surface area is 156 Å². The van der Waals surface area contributed by atoms with Crippen LogP contribution < -0.4 is 10.2 Å². The molecule has 1 aliphatic rings. The number of aromatic amines is 1. The quantitative estimate of drug-likeness (QED) is 0.730. The number of benzene rings is 2. The third-order valence-electron chi connectivity index (χ3n) is 5.00. The van der Waals surface area contributed by atoms with Gasteiger partial charge in [0.05, 0.1) is 5.92 Å². The molecule has 2 heterocycles. The van der Waals surface area contributed by atoms with Crippen LogP contribution in [0.1, 0.15) is 12.0 Å². The third-order valence-corrected chi connectivity index (χ3v) is 5.00. The molecule has 2 N–H and O–H groups in total. The van der Waals surface area contributed by atoms with Gasteiger partial charge in [-0.15, -0.1) is 0 Å². The van der Waals surface area contributed by atoms with Crippen LogP contribution in [-0.4, -0.2) is 29.9 Å². The smallest absolute Gasteiger partial charge is 0.227 e. The van der Waals surface area contributed by atoms with Crippen LogP contribution in [0.5, 0.6) is 0 Å². The maximum absolute atomic E-state index is 13.1. The number of para-hydroxylation sites is 1. The predicted octanol–water partition coefficient (Wildman–Crippen LogP) is 3.02. The Bertz CT molecular complexity index is 981. The highest BCUT2D eigenvalue weighted by molar-refractivity contribution is 6.00. The van der Waals surface area contributed by atoms with Gasteiger partial charge >= 0.3 is 0 Å². The molecule has 0 spiro atoms. The fourth-order valence-corrected chi connectivity index (χ4v) is 3.56. The Kier molecular flexibility index (Phi) is 4.62. The monoisotopic (exact) mass is 365 g/mol. The number of hydrogen-bond donors (Lipinski definition) is 2. The van der Waals surface area contributed by atoms with E-state index in [1.54, 1.807) is 17.0 Å². The number of halogens is 1. The molecule has 6 heteroatoms. The van der Waals surface area contributed by atoms with E-state index in [1.165, 1.54) is 12.1 Å². The number of nitrogens with one attached hydrogen (secondary N) is 2.